The van der Waals surface area contributed by atoms with Gasteiger partial charge in [-0.2, -0.15) is 5.10 Å². The minimum absolute atomic E-state index is 0.674. The van der Waals surface area contributed by atoms with Crippen LogP contribution in [0, 0.1) is 6.92 Å². The van der Waals surface area contributed by atoms with Gasteiger partial charge in [0.1, 0.15) is 0 Å². The Bertz CT molecular complexity index is 424. The molecule has 1 aromatic rings. The van der Waals surface area contributed by atoms with Gasteiger partial charge in [0.2, 0.25) is 0 Å². The summed E-state index contributed by atoms with van der Waals surface area (Å²) in [5.74, 6) is 0. The second-order valence-corrected chi connectivity index (χ2v) is 5.99. The van der Waals surface area contributed by atoms with E-state index in [4.69, 9.17) is 11.6 Å². The van der Waals surface area contributed by atoms with Gasteiger partial charge in [-0.15, -0.1) is 0 Å². The molecule has 0 saturated carbocycles. The van der Waals surface area contributed by atoms with Gasteiger partial charge in [-0.05, 0) is 52.7 Å². The highest BCUT2D eigenvalue weighted by Gasteiger charge is 2.23. The van der Waals surface area contributed by atoms with Crippen LogP contribution >= 0.6 is 11.6 Å². The Morgan fingerprint density at radius 3 is 2.65 bits per heavy atom. The number of aryl methyl sites for hydroxylation is 2. The van der Waals surface area contributed by atoms with Gasteiger partial charge in [-0.1, -0.05) is 18.5 Å². The van der Waals surface area contributed by atoms with E-state index in [0.29, 0.717) is 6.04 Å². The summed E-state index contributed by atoms with van der Waals surface area (Å²) in [6.07, 6.45) is 3.65. The van der Waals surface area contributed by atoms with Gasteiger partial charge >= 0.3 is 0 Å². The highest BCUT2D eigenvalue weighted by atomic mass is 35.5. The molecule has 0 aliphatic carbocycles. The molecule has 5 heteroatoms. The fraction of sp³-hybridized carbons (Fsp3) is 0.800. The van der Waals surface area contributed by atoms with E-state index in [-0.39, 0.29) is 0 Å². The second kappa shape index (κ2) is 7.43. The van der Waals surface area contributed by atoms with Gasteiger partial charge < -0.3 is 5.32 Å². The standard InChI is InChI=1S/C15H27ClN4/c1-4-10-19(13-6-8-17-9-7-13)11-14-15(16)12(3)18-20(14)5-2/h13,17H,4-11H2,1-3H3. The Morgan fingerprint density at radius 1 is 1.35 bits per heavy atom. The molecule has 0 atom stereocenters. The van der Waals surface area contributed by atoms with Gasteiger partial charge in [0.15, 0.2) is 0 Å². The second-order valence-electron chi connectivity index (χ2n) is 5.61. The quantitative estimate of drug-likeness (QED) is 0.877. The zero-order valence-corrected chi connectivity index (χ0v) is 13.7. The Hall–Kier alpha value is -0.580. The first-order valence-electron chi connectivity index (χ1n) is 7.83. The predicted molar refractivity (Wildman–Crippen MR) is 84.2 cm³/mol. The van der Waals surface area contributed by atoms with Crippen molar-refractivity contribution in [3.63, 3.8) is 0 Å². The van der Waals surface area contributed by atoms with E-state index in [9.17, 15) is 0 Å². The van der Waals surface area contributed by atoms with Crippen molar-refractivity contribution in [3.05, 3.63) is 16.4 Å². The Labute approximate surface area is 127 Å². The van der Waals surface area contributed by atoms with Gasteiger partial charge in [0.05, 0.1) is 16.4 Å². The molecule has 0 bridgehead atoms. The number of hydrogen-bond acceptors (Lipinski definition) is 3. The molecule has 20 heavy (non-hydrogen) atoms. The lowest BCUT2D eigenvalue weighted by atomic mass is 10.0. The van der Waals surface area contributed by atoms with Gasteiger partial charge in [0.25, 0.3) is 0 Å². The lowest BCUT2D eigenvalue weighted by Crippen LogP contribution is -2.43. The van der Waals surface area contributed by atoms with E-state index in [1.165, 1.54) is 25.0 Å². The monoisotopic (exact) mass is 298 g/mol. The van der Waals surface area contributed by atoms with Crippen LogP contribution in [0.3, 0.4) is 0 Å². The molecular formula is C15H27ClN4. The molecule has 1 fully saturated rings. The van der Waals surface area contributed by atoms with Crippen LogP contribution in [0.4, 0.5) is 0 Å². The zero-order chi connectivity index (χ0) is 14.5. The van der Waals surface area contributed by atoms with Crippen molar-refractivity contribution in [2.24, 2.45) is 0 Å². The molecule has 0 spiro atoms. The van der Waals surface area contributed by atoms with Crippen LogP contribution in [0.5, 0.6) is 0 Å². The molecule has 4 nitrogen and oxygen atoms in total. The number of nitrogens with zero attached hydrogens (tertiary/aromatic N) is 3. The molecule has 0 amide bonds. The van der Waals surface area contributed by atoms with Crippen molar-refractivity contribution in [2.45, 2.75) is 59.2 Å². The third-order valence-electron chi connectivity index (χ3n) is 4.14. The largest absolute Gasteiger partial charge is 0.317 e. The molecule has 0 unspecified atom stereocenters. The summed E-state index contributed by atoms with van der Waals surface area (Å²) >= 11 is 6.45. The van der Waals surface area contributed by atoms with Gasteiger partial charge in [-0.25, -0.2) is 0 Å². The van der Waals surface area contributed by atoms with Crippen molar-refractivity contribution in [2.75, 3.05) is 19.6 Å². The molecule has 1 saturated heterocycles. The molecule has 1 aliphatic rings. The van der Waals surface area contributed by atoms with E-state index in [1.807, 2.05) is 6.92 Å². The van der Waals surface area contributed by atoms with Crippen LogP contribution < -0.4 is 5.32 Å². The van der Waals surface area contributed by atoms with E-state index in [2.05, 4.69) is 33.8 Å². The highest BCUT2D eigenvalue weighted by molar-refractivity contribution is 6.31. The molecule has 2 heterocycles. The molecule has 0 radical (unpaired) electrons. The summed E-state index contributed by atoms with van der Waals surface area (Å²) in [7, 11) is 0. The Balaban J connectivity index is 2.14. The minimum atomic E-state index is 0.674. The Kier molecular flexibility index (Phi) is 5.87. The Morgan fingerprint density at radius 2 is 2.05 bits per heavy atom. The van der Waals surface area contributed by atoms with Crippen LogP contribution in [0.15, 0.2) is 0 Å². The summed E-state index contributed by atoms with van der Waals surface area (Å²) in [4.78, 5) is 2.59. The molecule has 114 valence electrons. The molecular weight excluding hydrogens is 272 g/mol. The maximum atomic E-state index is 6.45. The first-order valence-corrected chi connectivity index (χ1v) is 8.21. The summed E-state index contributed by atoms with van der Waals surface area (Å²) in [5, 5.41) is 8.82. The van der Waals surface area contributed by atoms with Gasteiger partial charge in [0, 0.05) is 19.1 Å². The molecule has 2 rings (SSSR count). The fourth-order valence-electron chi connectivity index (χ4n) is 3.06. The van der Waals surface area contributed by atoms with E-state index in [0.717, 1.165) is 43.4 Å². The van der Waals surface area contributed by atoms with Crippen LogP contribution in [0.25, 0.3) is 0 Å². The molecule has 1 N–H and O–H groups in total. The van der Waals surface area contributed by atoms with Crippen molar-refractivity contribution < 1.29 is 0 Å². The van der Waals surface area contributed by atoms with Gasteiger partial charge in [-0.3, -0.25) is 9.58 Å². The van der Waals surface area contributed by atoms with Crippen molar-refractivity contribution in [1.82, 2.24) is 20.0 Å². The van der Waals surface area contributed by atoms with Crippen LogP contribution in [0.2, 0.25) is 5.02 Å². The smallest absolute Gasteiger partial charge is 0.0860 e. The number of halogens is 1. The maximum Gasteiger partial charge on any atom is 0.0860 e. The zero-order valence-electron chi connectivity index (χ0n) is 13.0. The highest BCUT2D eigenvalue weighted by Crippen LogP contribution is 2.24. The molecule has 0 aromatic carbocycles. The summed E-state index contributed by atoms with van der Waals surface area (Å²) < 4.78 is 2.06. The molecule has 1 aromatic heterocycles. The summed E-state index contributed by atoms with van der Waals surface area (Å²) in [6.45, 7) is 11.6. The number of aromatic nitrogens is 2. The van der Waals surface area contributed by atoms with Crippen LogP contribution in [-0.2, 0) is 13.1 Å². The topological polar surface area (TPSA) is 33.1 Å². The SMILES string of the molecule is CCCN(Cc1c(Cl)c(C)nn1CC)C1CCNCC1. The average Bonchev–Trinajstić information content (AvgIpc) is 2.75. The fourth-order valence-corrected chi connectivity index (χ4v) is 3.26. The first-order chi connectivity index (χ1) is 9.67. The number of piperidine rings is 1. The number of hydrogen-bond donors (Lipinski definition) is 1. The minimum Gasteiger partial charge on any atom is -0.317 e. The van der Waals surface area contributed by atoms with Crippen molar-refractivity contribution in [3.8, 4) is 0 Å². The predicted octanol–water partition coefficient (Wildman–Crippen LogP) is 2.83. The molecule has 1 aliphatic heterocycles. The number of nitrogens with one attached hydrogen (secondary N) is 1. The lowest BCUT2D eigenvalue weighted by Gasteiger charge is -2.34. The summed E-state index contributed by atoms with van der Waals surface area (Å²) in [6, 6.07) is 0.674. The maximum absolute atomic E-state index is 6.45. The number of rotatable bonds is 6. The van der Waals surface area contributed by atoms with E-state index < -0.39 is 0 Å². The van der Waals surface area contributed by atoms with E-state index >= 15 is 0 Å². The van der Waals surface area contributed by atoms with Crippen molar-refractivity contribution in [1.29, 1.82) is 0 Å². The lowest BCUT2D eigenvalue weighted by molar-refractivity contribution is 0.150. The first kappa shape index (κ1) is 15.8. The van der Waals surface area contributed by atoms with Crippen molar-refractivity contribution >= 4 is 11.6 Å². The normalized spacial score (nSPS) is 17.1. The third kappa shape index (κ3) is 3.54. The van der Waals surface area contributed by atoms with Crippen LogP contribution in [0.1, 0.15) is 44.5 Å². The van der Waals surface area contributed by atoms with E-state index in [1.54, 1.807) is 0 Å². The van der Waals surface area contributed by atoms with Crippen LogP contribution in [-0.4, -0.2) is 40.4 Å². The third-order valence-corrected chi connectivity index (χ3v) is 4.63. The average molecular weight is 299 g/mol. The summed E-state index contributed by atoms with van der Waals surface area (Å²) in [5.41, 5.74) is 2.13.